The van der Waals surface area contributed by atoms with Gasteiger partial charge in [0.05, 0.1) is 11.5 Å². The minimum atomic E-state index is -0.233. The lowest BCUT2D eigenvalue weighted by Gasteiger charge is -2.25. The van der Waals surface area contributed by atoms with E-state index in [9.17, 15) is 4.79 Å². The van der Waals surface area contributed by atoms with Gasteiger partial charge >= 0.3 is 0 Å². The molecule has 0 spiro atoms. The van der Waals surface area contributed by atoms with Crippen LogP contribution in [0.2, 0.25) is 0 Å². The van der Waals surface area contributed by atoms with Crippen molar-refractivity contribution in [1.29, 1.82) is 0 Å². The molecule has 100 valence electrons. The third kappa shape index (κ3) is 2.93. The number of hydrogen-bond donors (Lipinski definition) is 2. The number of carbonyl (C=O) groups excluding carboxylic acids is 1. The van der Waals surface area contributed by atoms with Crippen molar-refractivity contribution in [2.75, 3.05) is 13.1 Å². The van der Waals surface area contributed by atoms with Crippen LogP contribution in [0.1, 0.15) is 44.0 Å². The maximum atomic E-state index is 12.4. The maximum Gasteiger partial charge on any atom is 0.227 e. The van der Waals surface area contributed by atoms with Crippen LogP contribution in [0.15, 0.2) is 17.5 Å². The average Bonchev–Trinajstić information content (AvgIpc) is 2.99. The zero-order chi connectivity index (χ0) is 13.0. The largest absolute Gasteiger partial charge is 0.348 e. The molecule has 2 N–H and O–H groups in total. The van der Waals surface area contributed by atoms with E-state index in [-0.39, 0.29) is 17.4 Å². The molecule has 1 aliphatic rings. The van der Waals surface area contributed by atoms with Gasteiger partial charge < -0.3 is 10.6 Å². The number of thiophene rings is 1. The van der Waals surface area contributed by atoms with Crippen LogP contribution < -0.4 is 10.6 Å². The van der Waals surface area contributed by atoms with Crippen LogP contribution >= 0.6 is 11.3 Å². The Morgan fingerprint density at radius 3 is 3.06 bits per heavy atom. The van der Waals surface area contributed by atoms with Crippen LogP contribution in [-0.2, 0) is 4.79 Å². The van der Waals surface area contributed by atoms with Gasteiger partial charge in [0.15, 0.2) is 0 Å². The maximum absolute atomic E-state index is 12.4. The van der Waals surface area contributed by atoms with Crippen LogP contribution in [-0.4, -0.2) is 19.0 Å². The van der Waals surface area contributed by atoms with E-state index in [0.29, 0.717) is 0 Å². The van der Waals surface area contributed by atoms with Crippen molar-refractivity contribution in [3.63, 3.8) is 0 Å². The average molecular weight is 266 g/mol. The molecule has 0 aromatic carbocycles. The first-order chi connectivity index (χ1) is 8.65. The van der Waals surface area contributed by atoms with Gasteiger partial charge in [-0.15, -0.1) is 11.3 Å². The van der Waals surface area contributed by atoms with Crippen LogP contribution in [0, 0.1) is 5.41 Å². The Balaban J connectivity index is 2.03. The van der Waals surface area contributed by atoms with E-state index in [1.165, 1.54) is 4.88 Å². The minimum absolute atomic E-state index is 0.180. The third-order valence-electron chi connectivity index (χ3n) is 3.69. The Kier molecular flexibility index (Phi) is 4.40. The molecule has 2 rings (SSSR count). The van der Waals surface area contributed by atoms with E-state index in [4.69, 9.17) is 0 Å². The highest BCUT2D eigenvalue weighted by Gasteiger charge is 2.37. The lowest BCUT2D eigenvalue weighted by Crippen LogP contribution is -2.41. The van der Waals surface area contributed by atoms with Crippen LogP contribution in [0.25, 0.3) is 0 Å². The van der Waals surface area contributed by atoms with E-state index in [0.717, 1.165) is 32.4 Å². The molecule has 1 amide bonds. The van der Waals surface area contributed by atoms with Crippen LogP contribution in [0.5, 0.6) is 0 Å². The monoisotopic (exact) mass is 266 g/mol. The van der Waals surface area contributed by atoms with Crippen molar-refractivity contribution in [1.82, 2.24) is 10.6 Å². The van der Waals surface area contributed by atoms with Gasteiger partial charge in [0.2, 0.25) is 5.91 Å². The molecule has 1 fully saturated rings. The summed E-state index contributed by atoms with van der Waals surface area (Å²) >= 11 is 1.72. The first-order valence-electron chi connectivity index (χ1n) is 6.71. The highest BCUT2D eigenvalue weighted by atomic mass is 32.1. The second-order valence-electron chi connectivity index (χ2n) is 5.32. The number of carbonyl (C=O) groups is 1. The minimum Gasteiger partial charge on any atom is -0.348 e. The predicted molar refractivity (Wildman–Crippen MR) is 75.7 cm³/mol. The first kappa shape index (κ1) is 13.6. The fourth-order valence-electron chi connectivity index (χ4n) is 2.41. The highest BCUT2D eigenvalue weighted by Crippen LogP contribution is 2.28. The van der Waals surface area contributed by atoms with E-state index < -0.39 is 0 Å². The summed E-state index contributed by atoms with van der Waals surface area (Å²) in [5.74, 6) is 0.194. The standard InChI is InChI=1S/C14H22N2OS/c1-3-5-11(12-6-4-9-18-12)16-13(17)14(2)7-8-15-10-14/h4,6,9,11,15H,3,5,7-8,10H2,1-2H3,(H,16,17). The van der Waals surface area contributed by atoms with Gasteiger partial charge in [0.25, 0.3) is 0 Å². The fourth-order valence-corrected chi connectivity index (χ4v) is 3.22. The molecule has 2 unspecified atom stereocenters. The van der Waals surface area contributed by atoms with Crippen LogP contribution in [0.4, 0.5) is 0 Å². The van der Waals surface area contributed by atoms with Gasteiger partial charge in [-0.1, -0.05) is 19.4 Å². The summed E-state index contributed by atoms with van der Waals surface area (Å²) in [6.07, 6.45) is 3.02. The van der Waals surface area contributed by atoms with E-state index in [2.05, 4.69) is 35.9 Å². The molecule has 1 saturated heterocycles. The number of nitrogens with one attached hydrogen (secondary N) is 2. The third-order valence-corrected chi connectivity index (χ3v) is 4.67. The van der Waals surface area contributed by atoms with Crippen molar-refractivity contribution in [3.05, 3.63) is 22.4 Å². The molecule has 0 aliphatic carbocycles. The molecule has 1 aliphatic heterocycles. The van der Waals surface area contributed by atoms with Crippen molar-refractivity contribution in [2.24, 2.45) is 5.41 Å². The van der Waals surface area contributed by atoms with Gasteiger partial charge in [-0.05, 0) is 37.8 Å². The molecular formula is C14H22N2OS. The van der Waals surface area contributed by atoms with Gasteiger partial charge in [0, 0.05) is 11.4 Å². The SMILES string of the molecule is CCCC(NC(=O)C1(C)CCNC1)c1cccs1. The normalized spacial score (nSPS) is 25.0. The zero-order valence-electron chi connectivity index (χ0n) is 11.2. The van der Waals surface area contributed by atoms with E-state index >= 15 is 0 Å². The molecule has 0 saturated carbocycles. The summed E-state index contributed by atoms with van der Waals surface area (Å²) in [5, 5.41) is 8.58. The van der Waals surface area contributed by atoms with Crippen LogP contribution in [0.3, 0.4) is 0 Å². The molecule has 3 nitrogen and oxygen atoms in total. The Hall–Kier alpha value is -0.870. The number of rotatable bonds is 5. The van der Waals surface area contributed by atoms with Crippen molar-refractivity contribution in [2.45, 2.75) is 39.2 Å². The Labute approximate surface area is 113 Å². The molecular weight excluding hydrogens is 244 g/mol. The summed E-state index contributed by atoms with van der Waals surface area (Å²) in [6.45, 7) is 5.95. The van der Waals surface area contributed by atoms with Crippen molar-refractivity contribution < 1.29 is 4.79 Å². The molecule has 0 radical (unpaired) electrons. The number of hydrogen-bond acceptors (Lipinski definition) is 3. The lowest BCUT2D eigenvalue weighted by atomic mass is 9.88. The molecule has 0 bridgehead atoms. The number of amides is 1. The second-order valence-corrected chi connectivity index (χ2v) is 6.30. The topological polar surface area (TPSA) is 41.1 Å². The Morgan fingerprint density at radius 1 is 1.67 bits per heavy atom. The lowest BCUT2D eigenvalue weighted by molar-refractivity contribution is -0.130. The summed E-state index contributed by atoms with van der Waals surface area (Å²) in [4.78, 5) is 13.7. The zero-order valence-corrected chi connectivity index (χ0v) is 12.0. The molecule has 2 heterocycles. The Bertz CT molecular complexity index is 383. The van der Waals surface area contributed by atoms with Crippen molar-refractivity contribution in [3.8, 4) is 0 Å². The van der Waals surface area contributed by atoms with Gasteiger partial charge in [-0.25, -0.2) is 0 Å². The summed E-state index contributed by atoms with van der Waals surface area (Å²) in [6, 6.07) is 4.34. The highest BCUT2D eigenvalue weighted by molar-refractivity contribution is 7.10. The van der Waals surface area contributed by atoms with E-state index in [1.54, 1.807) is 11.3 Å². The molecule has 1 aromatic rings. The molecule has 2 atom stereocenters. The summed E-state index contributed by atoms with van der Waals surface area (Å²) in [7, 11) is 0. The van der Waals surface area contributed by atoms with Crippen molar-refractivity contribution >= 4 is 17.2 Å². The molecule has 18 heavy (non-hydrogen) atoms. The van der Waals surface area contributed by atoms with Gasteiger partial charge in [-0.2, -0.15) is 0 Å². The predicted octanol–water partition coefficient (Wildman–Crippen LogP) is 2.71. The second kappa shape index (κ2) is 5.85. The Morgan fingerprint density at radius 2 is 2.50 bits per heavy atom. The smallest absolute Gasteiger partial charge is 0.227 e. The van der Waals surface area contributed by atoms with Gasteiger partial charge in [-0.3, -0.25) is 4.79 Å². The molecule has 1 aromatic heterocycles. The van der Waals surface area contributed by atoms with Gasteiger partial charge in [0.1, 0.15) is 0 Å². The first-order valence-corrected chi connectivity index (χ1v) is 7.59. The quantitative estimate of drug-likeness (QED) is 0.860. The van der Waals surface area contributed by atoms with E-state index in [1.807, 2.05) is 6.07 Å². The summed E-state index contributed by atoms with van der Waals surface area (Å²) < 4.78 is 0. The fraction of sp³-hybridized carbons (Fsp3) is 0.643. The summed E-state index contributed by atoms with van der Waals surface area (Å²) in [5.41, 5.74) is -0.233. The molecule has 4 heteroatoms.